The number of nitrogens with zero attached hydrogens (tertiary/aromatic N) is 4. The van der Waals surface area contributed by atoms with Gasteiger partial charge in [0.25, 0.3) is 0 Å². The van der Waals surface area contributed by atoms with Crippen LogP contribution in [0.1, 0.15) is 0 Å². The Morgan fingerprint density at radius 2 is 1.88 bits per heavy atom. The van der Waals surface area contributed by atoms with Gasteiger partial charge in [0.05, 0.1) is 11.4 Å². The highest BCUT2D eigenvalue weighted by Gasteiger charge is 2.24. The average Bonchev–Trinajstić information content (AvgIpc) is 3.30. The van der Waals surface area contributed by atoms with Gasteiger partial charge in [-0.2, -0.15) is 0 Å². The van der Waals surface area contributed by atoms with Gasteiger partial charge in [0.1, 0.15) is 6.33 Å². The monoisotopic (exact) mass is 397 g/mol. The van der Waals surface area contributed by atoms with E-state index in [9.17, 15) is 0 Å². The van der Waals surface area contributed by atoms with E-state index < -0.39 is 0 Å². The van der Waals surface area contributed by atoms with Gasteiger partial charge in [-0.05, 0) is 35.4 Å². The minimum absolute atomic E-state index is 0.474. The van der Waals surface area contributed by atoms with Gasteiger partial charge in [-0.25, -0.2) is 4.85 Å². The van der Waals surface area contributed by atoms with Crippen LogP contribution in [0.25, 0.3) is 37.1 Å². The third kappa shape index (κ3) is 2.86. The highest BCUT2D eigenvalue weighted by molar-refractivity contribution is 7.20. The lowest BCUT2D eigenvalue weighted by Crippen LogP contribution is -1.84. The van der Waals surface area contributed by atoms with Crippen LogP contribution in [0, 0.1) is 6.57 Å². The molecule has 5 nitrogen and oxygen atoms in total. The van der Waals surface area contributed by atoms with Gasteiger partial charge in [0.15, 0.2) is 5.82 Å². The fourth-order valence-corrected chi connectivity index (χ4v) is 4.36. The number of H-pyrrole nitrogens is 1. The summed E-state index contributed by atoms with van der Waals surface area (Å²) in [6.45, 7) is 7.78. The van der Waals surface area contributed by atoms with Gasteiger partial charge in [-0.3, -0.25) is 4.98 Å². The van der Waals surface area contributed by atoms with Crippen molar-refractivity contribution >= 4 is 40.2 Å². The Balaban J connectivity index is 2.06. The molecule has 0 aliphatic carbocycles. The van der Waals surface area contributed by atoms with E-state index in [4.69, 9.17) is 29.8 Å². The molecule has 0 bridgehead atoms. The Labute approximate surface area is 163 Å². The number of thiophene rings is 1. The van der Waals surface area contributed by atoms with Crippen LogP contribution in [-0.2, 0) is 0 Å². The Kier molecular flexibility index (Phi) is 4.43. The summed E-state index contributed by atoms with van der Waals surface area (Å²) in [4.78, 5) is 12.5. The Hall–Kier alpha value is -2.72. The number of aromatic nitrogens is 4. The second-order valence-electron chi connectivity index (χ2n) is 5.29. The molecule has 0 saturated carbocycles. The normalized spacial score (nSPS) is 10.7. The summed E-state index contributed by atoms with van der Waals surface area (Å²) in [5, 5.41) is 9.00. The van der Waals surface area contributed by atoms with E-state index >= 15 is 0 Å². The molecule has 1 N–H and O–H groups in total. The predicted molar refractivity (Wildman–Crippen MR) is 105 cm³/mol. The summed E-state index contributed by atoms with van der Waals surface area (Å²) in [5.74, 6) is 0.584. The van der Waals surface area contributed by atoms with Gasteiger partial charge in [-0.15, -0.1) is 21.5 Å². The first-order chi connectivity index (χ1) is 12.7. The van der Waals surface area contributed by atoms with Crippen LogP contribution in [0.15, 0.2) is 49.1 Å². The molecule has 26 heavy (non-hydrogen) atoms. The first kappa shape index (κ1) is 16.7. The average molecular weight is 398 g/mol. The smallest absolute Gasteiger partial charge is 0.213 e. The zero-order valence-corrected chi connectivity index (χ0v) is 15.4. The molecular formula is C18H9Cl2N5S. The van der Waals surface area contributed by atoms with Gasteiger partial charge in [0.2, 0.25) is 5.69 Å². The minimum atomic E-state index is 0.474. The van der Waals surface area contributed by atoms with Gasteiger partial charge in [-0.1, -0.05) is 29.3 Å². The maximum Gasteiger partial charge on any atom is 0.213 e. The van der Waals surface area contributed by atoms with E-state index in [1.54, 1.807) is 24.5 Å². The standard InChI is InChI=1S/C18H9Cl2N5S/c1-21-15-14(12-3-2-11(19)8-13(12)20)17(18-23-9-24-25-18)26-16(15)10-4-6-22-7-5-10/h2-9H,(H,23,24,25). The summed E-state index contributed by atoms with van der Waals surface area (Å²) in [7, 11) is 0. The second-order valence-corrected chi connectivity index (χ2v) is 7.16. The quantitative estimate of drug-likeness (QED) is 0.423. The number of benzene rings is 1. The highest BCUT2D eigenvalue weighted by atomic mass is 35.5. The molecule has 0 unspecified atom stereocenters. The van der Waals surface area contributed by atoms with Gasteiger partial charge in [0, 0.05) is 32.9 Å². The lowest BCUT2D eigenvalue weighted by atomic mass is 10.0. The molecule has 8 heteroatoms. The van der Waals surface area contributed by atoms with Crippen molar-refractivity contribution in [2.24, 2.45) is 0 Å². The van der Waals surface area contributed by atoms with Crippen LogP contribution in [0.4, 0.5) is 5.69 Å². The van der Waals surface area contributed by atoms with Gasteiger partial charge >= 0.3 is 0 Å². The Morgan fingerprint density at radius 1 is 1.08 bits per heavy atom. The second kappa shape index (κ2) is 6.89. The van der Waals surface area contributed by atoms with E-state index in [1.807, 2.05) is 18.2 Å². The zero-order chi connectivity index (χ0) is 18.1. The van der Waals surface area contributed by atoms with E-state index in [2.05, 4.69) is 25.0 Å². The van der Waals surface area contributed by atoms with Crippen LogP contribution >= 0.6 is 34.5 Å². The van der Waals surface area contributed by atoms with Crippen molar-refractivity contribution in [1.29, 1.82) is 0 Å². The predicted octanol–water partition coefficient (Wildman–Crippen LogP) is 6.12. The van der Waals surface area contributed by atoms with E-state index in [-0.39, 0.29) is 0 Å². The van der Waals surface area contributed by atoms with Crippen molar-refractivity contribution in [1.82, 2.24) is 20.2 Å². The number of aromatic amines is 1. The molecule has 3 heterocycles. The van der Waals surface area contributed by atoms with Crippen molar-refractivity contribution < 1.29 is 0 Å². The van der Waals surface area contributed by atoms with Crippen LogP contribution < -0.4 is 0 Å². The maximum atomic E-state index is 7.78. The van der Waals surface area contributed by atoms with Crippen LogP contribution in [0.3, 0.4) is 0 Å². The number of nitrogens with one attached hydrogen (secondary N) is 1. The maximum absolute atomic E-state index is 7.78. The molecule has 0 amide bonds. The third-order valence-corrected chi connectivity index (χ3v) is 5.55. The number of hydrogen-bond acceptors (Lipinski definition) is 4. The van der Waals surface area contributed by atoms with Crippen molar-refractivity contribution in [2.45, 2.75) is 0 Å². The number of halogens is 2. The van der Waals surface area contributed by atoms with Crippen LogP contribution in [0.2, 0.25) is 10.0 Å². The lowest BCUT2D eigenvalue weighted by Gasteiger charge is -2.07. The lowest BCUT2D eigenvalue weighted by molar-refractivity contribution is 1.10. The summed E-state index contributed by atoms with van der Waals surface area (Å²) in [6, 6.07) is 8.98. The summed E-state index contributed by atoms with van der Waals surface area (Å²) in [6.07, 6.45) is 4.91. The van der Waals surface area contributed by atoms with Crippen molar-refractivity contribution in [3.05, 3.63) is 70.5 Å². The first-order valence-electron chi connectivity index (χ1n) is 7.45. The van der Waals surface area contributed by atoms with Crippen LogP contribution in [-0.4, -0.2) is 20.2 Å². The Morgan fingerprint density at radius 3 is 2.54 bits per heavy atom. The van der Waals surface area contributed by atoms with E-state index in [0.717, 1.165) is 26.4 Å². The van der Waals surface area contributed by atoms with Crippen molar-refractivity contribution in [3.8, 4) is 32.3 Å². The summed E-state index contributed by atoms with van der Waals surface area (Å²) >= 11 is 13.9. The number of hydrogen-bond donors (Lipinski definition) is 1. The molecule has 3 aromatic heterocycles. The topological polar surface area (TPSA) is 58.8 Å². The van der Waals surface area contributed by atoms with Crippen LogP contribution in [0.5, 0.6) is 0 Å². The van der Waals surface area contributed by atoms with Crippen molar-refractivity contribution in [3.63, 3.8) is 0 Å². The number of pyridine rings is 1. The molecule has 0 fully saturated rings. The van der Waals surface area contributed by atoms with E-state index in [0.29, 0.717) is 21.6 Å². The minimum Gasteiger partial charge on any atom is -0.327 e. The summed E-state index contributed by atoms with van der Waals surface area (Å²) < 4.78 is 0. The molecule has 1 aromatic carbocycles. The molecule has 4 rings (SSSR count). The molecule has 0 spiro atoms. The molecule has 4 aromatic rings. The fraction of sp³-hybridized carbons (Fsp3) is 0. The zero-order valence-electron chi connectivity index (χ0n) is 13.1. The van der Waals surface area contributed by atoms with E-state index in [1.165, 1.54) is 17.7 Å². The molecule has 0 aliphatic heterocycles. The molecule has 0 atom stereocenters. The SMILES string of the molecule is [C-]#[N+]c1c(-c2ccncc2)sc(-c2nnc[nH]2)c1-c1ccc(Cl)cc1Cl. The summed E-state index contributed by atoms with van der Waals surface area (Å²) in [5.41, 5.74) is 2.87. The van der Waals surface area contributed by atoms with Gasteiger partial charge < -0.3 is 4.98 Å². The molecule has 0 radical (unpaired) electrons. The Bertz CT molecular complexity index is 1110. The third-order valence-electron chi connectivity index (χ3n) is 3.77. The molecule has 0 saturated heterocycles. The fourth-order valence-electron chi connectivity index (χ4n) is 2.65. The largest absolute Gasteiger partial charge is 0.327 e. The highest BCUT2D eigenvalue weighted by Crippen LogP contribution is 2.52. The molecule has 0 aliphatic rings. The molecule has 126 valence electrons. The number of rotatable bonds is 3. The van der Waals surface area contributed by atoms with Crippen molar-refractivity contribution in [2.75, 3.05) is 0 Å². The molecular weight excluding hydrogens is 389 g/mol. The first-order valence-corrected chi connectivity index (χ1v) is 9.02.